The van der Waals surface area contributed by atoms with Crippen molar-refractivity contribution in [3.63, 3.8) is 0 Å². The number of hydrogen-bond acceptors (Lipinski definition) is 5. The van der Waals surface area contributed by atoms with Gasteiger partial charge in [-0.05, 0) is 65.7 Å². The van der Waals surface area contributed by atoms with E-state index in [-0.39, 0.29) is 11.3 Å². The molecule has 6 rings (SSSR count). The molecule has 3 aromatic heterocycles. The minimum absolute atomic E-state index is 0.244. The van der Waals surface area contributed by atoms with Gasteiger partial charge in [-0.3, -0.25) is 10.4 Å². The van der Waals surface area contributed by atoms with Crippen molar-refractivity contribution < 1.29 is 9.13 Å². The normalized spacial score (nSPS) is 13.1. The SMILES string of the molecule is N=c1ccc(-c2c(-c3ccc(F)cc3)nc3n2CCOC3)nn1/C=C/c1cccc(-c2cccnc2)c1. The number of pyridine rings is 1. The molecule has 0 radical (unpaired) electrons. The van der Waals surface area contributed by atoms with Gasteiger partial charge in [0.2, 0.25) is 0 Å². The second-order valence-electron chi connectivity index (χ2n) is 8.67. The molecule has 0 spiro atoms. The third-order valence-corrected chi connectivity index (χ3v) is 6.25. The maximum atomic E-state index is 13.6. The number of aromatic nitrogens is 5. The molecule has 0 bridgehead atoms. The van der Waals surface area contributed by atoms with Crippen LogP contribution in [0.15, 0.2) is 85.2 Å². The number of benzene rings is 2. The van der Waals surface area contributed by atoms with Crippen molar-refractivity contribution in [2.45, 2.75) is 13.2 Å². The highest BCUT2D eigenvalue weighted by atomic mass is 19.1. The molecule has 0 saturated carbocycles. The summed E-state index contributed by atoms with van der Waals surface area (Å²) in [5.74, 6) is 0.497. The van der Waals surface area contributed by atoms with E-state index in [1.165, 1.54) is 12.1 Å². The summed E-state index contributed by atoms with van der Waals surface area (Å²) in [6.45, 7) is 1.61. The molecule has 0 aliphatic carbocycles. The topological polar surface area (TPSA) is 81.6 Å². The van der Waals surface area contributed by atoms with Crippen LogP contribution in [-0.4, -0.2) is 30.9 Å². The summed E-state index contributed by atoms with van der Waals surface area (Å²) in [5.41, 5.74) is 6.32. The minimum atomic E-state index is -0.301. The molecule has 0 saturated heterocycles. The molecule has 8 heteroatoms. The summed E-state index contributed by atoms with van der Waals surface area (Å²) in [5, 5.41) is 13.2. The molecule has 0 atom stereocenters. The first-order chi connectivity index (χ1) is 18.2. The van der Waals surface area contributed by atoms with Crippen LogP contribution in [0.5, 0.6) is 0 Å². The number of nitrogens with zero attached hydrogens (tertiary/aromatic N) is 5. The molecule has 7 nitrogen and oxygen atoms in total. The van der Waals surface area contributed by atoms with E-state index in [1.807, 2.05) is 48.7 Å². The van der Waals surface area contributed by atoms with Gasteiger partial charge < -0.3 is 9.30 Å². The summed E-state index contributed by atoms with van der Waals surface area (Å²) >= 11 is 0. The first-order valence-electron chi connectivity index (χ1n) is 11.9. The van der Waals surface area contributed by atoms with E-state index < -0.39 is 0 Å². The molecule has 5 aromatic rings. The standard InChI is InChI=1S/C29H23FN6O/c30-24-8-6-21(7-9-24)28-29(35-15-16-37-19-27(35)33-28)25-10-11-26(31)36(34-25)14-12-20-3-1-4-22(17-20)23-5-2-13-32-18-23/h1-14,17-18,31H,15-16,19H2/b14-12+,31-26?. The van der Waals surface area contributed by atoms with Gasteiger partial charge >= 0.3 is 0 Å². The van der Waals surface area contributed by atoms with Crippen LogP contribution in [0.2, 0.25) is 0 Å². The predicted molar refractivity (Wildman–Crippen MR) is 139 cm³/mol. The van der Waals surface area contributed by atoms with Gasteiger partial charge in [0.15, 0.2) is 0 Å². The Labute approximate surface area is 212 Å². The first kappa shape index (κ1) is 22.8. The third kappa shape index (κ3) is 4.62. The summed E-state index contributed by atoms with van der Waals surface area (Å²) < 4.78 is 22.9. The fraction of sp³-hybridized carbons (Fsp3) is 0.103. The van der Waals surface area contributed by atoms with Crippen LogP contribution in [0.3, 0.4) is 0 Å². The van der Waals surface area contributed by atoms with Crippen LogP contribution < -0.4 is 5.49 Å². The molecule has 1 aliphatic heterocycles. The first-order valence-corrected chi connectivity index (χ1v) is 11.9. The summed E-state index contributed by atoms with van der Waals surface area (Å²) in [4.78, 5) is 9.01. The predicted octanol–water partition coefficient (Wildman–Crippen LogP) is 5.25. The number of ether oxygens (including phenoxy) is 1. The lowest BCUT2D eigenvalue weighted by Crippen LogP contribution is -2.20. The lowest BCUT2D eigenvalue weighted by Gasteiger charge is -2.17. The van der Waals surface area contributed by atoms with Gasteiger partial charge in [0.05, 0.1) is 18.0 Å². The average molecular weight is 491 g/mol. The highest BCUT2D eigenvalue weighted by Gasteiger charge is 2.23. The Morgan fingerprint density at radius 1 is 0.946 bits per heavy atom. The van der Waals surface area contributed by atoms with Crippen LogP contribution in [0, 0.1) is 11.2 Å². The van der Waals surface area contributed by atoms with Crippen molar-refractivity contribution in [1.82, 2.24) is 24.3 Å². The van der Waals surface area contributed by atoms with Gasteiger partial charge in [0, 0.05) is 36.3 Å². The largest absolute Gasteiger partial charge is 0.372 e. The molecular weight excluding hydrogens is 467 g/mol. The molecule has 2 aromatic carbocycles. The van der Waals surface area contributed by atoms with Gasteiger partial charge in [-0.1, -0.05) is 24.3 Å². The quantitative estimate of drug-likeness (QED) is 0.365. The molecule has 4 heterocycles. The number of fused-ring (bicyclic) bond motifs is 1. The Hall–Kier alpha value is -4.69. The zero-order valence-electron chi connectivity index (χ0n) is 19.9. The highest BCUT2D eigenvalue weighted by molar-refractivity contribution is 5.77. The van der Waals surface area contributed by atoms with Gasteiger partial charge in [-0.15, -0.1) is 0 Å². The molecule has 0 unspecified atom stereocenters. The third-order valence-electron chi connectivity index (χ3n) is 6.25. The molecule has 37 heavy (non-hydrogen) atoms. The van der Waals surface area contributed by atoms with Crippen LogP contribution in [-0.2, 0) is 17.9 Å². The Bertz CT molecular complexity index is 1650. The lowest BCUT2D eigenvalue weighted by atomic mass is 10.0. The van der Waals surface area contributed by atoms with E-state index in [9.17, 15) is 4.39 Å². The van der Waals surface area contributed by atoms with Crippen molar-refractivity contribution in [3.05, 3.63) is 108 Å². The van der Waals surface area contributed by atoms with E-state index in [0.717, 1.165) is 33.8 Å². The molecule has 0 fully saturated rings. The van der Waals surface area contributed by atoms with Gasteiger partial charge in [0.25, 0.3) is 0 Å². The van der Waals surface area contributed by atoms with Crippen molar-refractivity contribution in [2.24, 2.45) is 0 Å². The van der Waals surface area contributed by atoms with Crippen LogP contribution >= 0.6 is 0 Å². The smallest absolute Gasteiger partial charge is 0.146 e. The molecule has 0 amide bonds. The van der Waals surface area contributed by atoms with E-state index >= 15 is 0 Å². The summed E-state index contributed by atoms with van der Waals surface area (Å²) in [6, 6.07) is 21.9. The Balaban J connectivity index is 1.39. The minimum Gasteiger partial charge on any atom is -0.372 e. The fourth-order valence-electron chi connectivity index (χ4n) is 4.43. The maximum absolute atomic E-state index is 13.6. The lowest BCUT2D eigenvalue weighted by molar-refractivity contribution is 0.0821. The number of imidazole rings is 1. The second-order valence-corrected chi connectivity index (χ2v) is 8.67. The van der Waals surface area contributed by atoms with E-state index in [4.69, 9.17) is 20.2 Å². The number of halogens is 1. The Kier molecular flexibility index (Phi) is 6.00. The zero-order chi connectivity index (χ0) is 25.2. The molecule has 182 valence electrons. The van der Waals surface area contributed by atoms with Crippen LogP contribution in [0.25, 0.3) is 46.0 Å². The van der Waals surface area contributed by atoms with Gasteiger partial charge in [-0.25, -0.2) is 14.1 Å². The van der Waals surface area contributed by atoms with E-state index in [2.05, 4.69) is 15.6 Å². The van der Waals surface area contributed by atoms with Crippen LogP contribution in [0.1, 0.15) is 11.4 Å². The number of hydrogen-bond donors (Lipinski definition) is 1. The monoisotopic (exact) mass is 490 g/mol. The highest BCUT2D eigenvalue weighted by Crippen LogP contribution is 2.33. The van der Waals surface area contributed by atoms with E-state index in [1.54, 1.807) is 35.3 Å². The number of rotatable bonds is 5. The number of nitrogens with one attached hydrogen (secondary N) is 1. The van der Waals surface area contributed by atoms with Crippen molar-refractivity contribution in [3.8, 4) is 33.8 Å². The van der Waals surface area contributed by atoms with Crippen molar-refractivity contribution in [1.29, 1.82) is 5.41 Å². The second kappa shape index (κ2) is 9.75. The Morgan fingerprint density at radius 3 is 2.65 bits per heavy atom. The van der Waals surface area contributed by atoms with Crippen molar-refractivity contribution in [2.75, 3.05) is 6.61 Å². The zero-order valence-corrected chi connectivity index (χ0v) is 19.9. The van der Waals surface area contributed by atoms with Gasteiger partial charge in [0.1, 0.15) is 29.4 Å². The van der Waals surface area contributed by atoms with E-state index in [0.29, 0.717) is 31.1 Å². The summed E-state index contributed by atoms with van der Waals surface area (Å²) in [6.07, 6.45) is 7.29. The van der Waals surface area contributed by atoms with Crippen LogP contribution in [0.4, 0.5) is 4.39 Å². The average Bonchev–Trinajstić information content (AvgIpc) is 3.33. The molecule has 1 aliphatic rings. The summed E-state index contributed by atoms with van der Waals surface area (Å²) in [7, 11) is 0. The Morgan fingerprint density at radius 2 is 1.81 bits per heavy atom. The molecule has 1 N–H and O–H groups in total. The molecular formula is C29H23FN6O. The maximum Gasteiger partial charge on any atom is 0.146 e. The van der Waals surface area contributed by atoms with Gasteiger partial charge in [-0.2, -0.15) is 5.10 Å². The van der Waals surface area contributed by atoms with Crippen molar-refractivity contribution >= 4 is 12.3 Å². The fourth-order valence-corrected chi connectivity index (χ4v) is 4.43.